The molecule has 0 amide bonds. The van der Waals surface area contributed by atoms with Gasteiger partial charge in [-0.05, 0) is 24.3 Å². The van der Waals surface area contributed by atoms with Crippen LogP contribution in [0.5, 0.6) is 0 Å². The SMILES string of the molecule is CNc1cc(COC)nc2ccc(Br)cc12. The molecule has 0 fully saturated rings. The van der Waals surface area contributed by atoms with Gasteiger partial charge in [-0.1, -0.05) is 15.9 Å². The van der Waals surface area contributed by atoms with Gasteiger partial charge in [0.05, 0.1) is 17.8 Å². The minimum atomic E-state index is 0.528. The maximum Gasteiger partial charge on any atom is 0.0885 e. The largest absolute Gasteiger partial charge is 0.388 e. The normalized spacial score (nSPS) is 10.7. The topological polar surface area (TPSA) is 34.1 Å². The fourth-order valence-electron chi connectivity index (χ4n) is 1.68. The zero-order valence-corrected chi connectivity index (χ0v) is 10.8. The molecule has 0 radical (unpaired) electrons. The Balaban J connectivity index is 2.63. The molecule has 0 unspecified atom stereocenters. The van der Waals surface area contributed by atoms with Gasteiger partial charge in [0.1, 0.15) is 0 Å². The maximum atomic E-state index is 5.10. The van der Waals surface area contributed by atoms with Crippen molar-refractivity contribution in [3.05, 3.63) is 34.4 Å². The van der Waals surface area contributed by atoms with Gasteiger partial charge in [0.15, 0.2) is 0 Å². The zero-order valence-electron chi connectivity index (χ0n) is 9.25. The molecular weight excluding hydrogens is 268 g/mol. The summed E-state index contributed by atoms with van der Waals surface area (Å²) in [5, 5.41) is 4.29. The lowest BCUT2D eigenvalue weighted by Gasteiger charge is -2.09. The van der Waals surface area contributed by atoms with Crippen LogP contribution in [-0.2, 0) is 11.3 Å². The van der Waals surface area contributed by atoms with E-state index in [1.807, 2.05) is 25.2 Å². The quantitative estimate of drug-likeness (QED) is 0.938. The first-order valence-electron chi connectivity index (χ1n) is 5.00. The van der Waals surface area contributed by atoms with Crippen LogP contribution in [0.4, 0.5) is 5.69 Å². The van der Waals surface area contributed by atoms with Crippen LogP contribution in [0.15, 0.2) is 28.7 Å². The summed E-state index contributed by atoms with van der Waals surface area (Å²) in [5.41, 5.74) is 2.97. The average molecular weight is 281 g/mol. The smallest absolute Gasteiger partial charge is 0.0885 e. The Labute approximate surface area is 103 Å². The second-order valence-electron chi connectivity index (χ2n) is 3.51. The minimum Gasteiger partial charge on any atom is -0.388 e. The van der Waals surface area contributed by atoms with Crippen molar-refractivity contribution >= 4 is 32.5 Å². The number of aromatic nitrogens is 1. The summed E-state index contributed by atoms with van der Waals surface area (Å²) in [4.78, 5) is 4.53. The molecule has 0 aliphatic rings. The van der Waals surface area contributed by atoms with Crippen LogP contribution in [0.2, 0.25) is 0 Å². The van der Waals surface area contributed by atoms with Gasteiger partial charge in [0.2, 0.25) is 0 Å². The van der Waals surface area contributed by atoms with E-state index in [9.17, 15) is 0 Å². The molecule has 0 bridgehead atoms. The fourth-order valence-corrected chi connectivity index (χ4v) is 2.04. The number of nitrogens with one attached hydrogen (secondary N) is 1. The predicted molar refractivity (Wildman–Crippen MR) is 69.7 cm³/mol. The number of hydrogen-bond donors (Lipinski definition) is 1. The summed E-state index contributed by atoms with van der Waals surface area (Å²) in [6, 6.07) is 8.06. The lowest BCUT2D eigenvalue weighted by molar-refractivity contribution is 0.182. The number of rotatable bonds is 3. The average Bonchev–Trinajstić information content (AvgIpc) is 2.29. The van der Waals surface area contributed by atoms with E-state index in [1.54, 1.807) is 7.11 Å². The van der Waals surface area contributed by atoms with Crippen LogP contribution in [0.25, 0.3) is 10.9 Å². The van der Waals surface area contributed by atoms with Gasteiger partial charge in [0.25, 0.3) is 0 Å². The van der Waals surface area contributed by atoms with E-state index in [4.69, 9.17) is 4.74 Å². The van der Waals surface area contributed by atoms with Crippen LogP contribution >= 0.6 is 15.9 Å². The number of benzene rings is 1. The number of methoxy groups -OCH3 is 1. The van der Waals surface area contributed by atoms with Crippen molar-refractivity contribution < 1.29 is 4.74 Å². The van der Waals surface area contributed by atoms with Gasteiger partial charge in [0, 0.05) is 29.7 Å². The molecule has 1 N–H and O–H groups in total. The van der Waals surface area contributed by atoms with Crippen molar-refractivity contribution in [2.75, 3.05) is 19.5 Å². The first-order chi connectivity index (χ1) is 7.74. The monoisotopic (exact) mass is 280 g/mol. The van der Waals surface area contributed by atoms with E-state index in [-0.39, 0.29) is 0 Å². The summed E-state index contributed by atoms with van der Waals surface area (Å²) in [7, 11) is 3.58. The number of halogens is 1. The molecule has 84 valence electrons. The molecule has 3 nitrogen and oxygen atoms in total. The lowest BCUT2D eigenvalue weighted by Crippen LogP contribution is -1.97. The van der Waals surface area contributed by atoms with Gasteiger partial charge in [-0.25, -0.2) is 0 Å². The first-order valence-corrected chi connectivity index (χ1v) is 5.80. The first kappa shape index (κ1) is 11.4. The van der Waals surface area contributed by atoms with E-state index in [1.165, 1.54) is 0 Å². The van der Waals surface area contributed by atoms with Crippen LogP contribution < -0.4 is 5.32 Å². The Kier molecular flexibility index (Phi) is 3.41. The van der Waals surface area contributed by atoms with Crippen molar-refractivity contribution in [2.24, 2.45) is 0 Å². The molecule has 2 rings (SSSR count). The zero-order chi connectivity index (χ0) is 11.5. The standard InChI is InChI=1S/C12H13BrN2O/c1-14-12-6-9(7-16-2)15-11-4-3-8(13)5-10(11)12/h3-6H,7H2,1-2H3,(H,14,15). The number of nitrogens with zero attached hydrogens (tertiary/aromatic N) is 1. The van der Waals surface area contributed by atoms with Crippen LogP contribution in [-0.4, -0.2) is 19.1 Å². The molecule has 2 aromatic rings. The van der Waals surface area contributed by atoms with Gasteiger partial charge in [-0.2, -0.15) is 0 Å². The highest BCUT2D eigenvalue weighted by Gasteiger charge is 2.05. The molecule has 1 aromatic carbocycles. The molecule has 0 aliphatic heterocycles. The molecule has 0 spiro atoms. The van der Waals surface area contributed by atoms with Crippen molar-refractivity contribution in [3.63, 3.8) is 0 Å². The van der Waals surface area contributed by atoms with Crippen molar-refractivity contribution in [3.8, 4) is 0 Å². The van der Waals surface area contributed by atoms with Crippen LogP contribution in [0, 0.1) is 0 Å². The molecular formula is C12H13BrN2O. The van der Waals surface area contributed by atoms with Crippen molar-refractivity contribution in [1.29, 1.82) is 0 Å². The number of hydrogen-bond acceptors (Lipinski definition) is 3. The number of pyridine rings is 1. The summed E-state index contributed by atoms with van der Waals surface area (Å²) >= 11 is 3.46. The van der Waals surface area contributed by atoms with E-state index < -0.39 is 0 Å². The van der Waals surface area contributed by atoms with E-state index in [2.05, 4.69) is 32.3 Å². The Bertz CT molecular complexity index is 514. The van der Waals surface area contributed by atoms with Gasteiger partial charge >= 0.3 is 0 Å². The highest BCUT2D eigenvalue weighted by Crippen LogP contribution is 2.26. The van der Waals surface area contributed by atoms with Crippen molar-refractivity contribution in [1.82, 2.24) is 4.98 Å². The summed E-state index contributed by atoms with van der Waals surface area (Å²) in [5.74, 6) is 0. The summed E-state index contributed by atoms with van der Waals surface area (Å²) in [6.07, 6.45) is 0. The van der Waals surface area contributed by atoms with Gasteiger partial charge < -0.3 is 10.1 Å². The Morgan fingerprint density at radius 1 is 1.38 bits per heavy atom. The third-order valence-electron chi connectivity index (χ3n) is 2.39. The molecule has 0 saturated carbocycles. The van der Waals surface area contributed by atoms with Gasteiger partial charge in [-0.3, -0.25) is 4.98 Å². The minimum absolute atomic E-state index is 0.528. The van der Waals surface area contributed by atoms with Gasteiger partial charge in [-0.15, -0.1) is 0 Å². The fraction of sp³-hybridized carbons (Fsp3) is 0.250. The van der Waals surface area contributed by atoms with E-state index >= 15 is 0 Å². The Morgan fingerprint density at radius 3 is 2.88 bits per heavy atom. The molecule has 1 aromatic heterocycles. The Morgan fingerprint density at radius 2 is 2.19 bits per heavy atom. The van der Waals surface area contributed by atoms with Crippen molar-refractivity contribution in [2.45, 2.75) is 6.61 Å². The second kappa shape index (κ2) is 4.80. The molecule has 16 heavy (non-hydrogen) atoms. The summed E-state index contributed by atoms with van der Waals surface area (Å²) < 4.78 is 6.15. The highest BCUT2D eigenvalue weighted by atomic mass is 79.9. The lowest BCUT2D eigenvalue weighted by atomic mass is 10.1. The van der Waals surface area contributed by atoms with E-state index in [0.29, 0.717) is 6.61 Å². The third kappa shape index (κ3) is 2.18. The number of anilines is 1. The number of ether oxygens (including phenoxy) is 1. The Hall–Kier alpha value is -1.13. The molecule has 0 saturated heterocycles. The van der Waals surface area contributed by atoms with E-state index in [0.717, 1.165) is 26.8 Å². The molecule has 0 aliphatic carbocycles. The number of fused-ring (bicyclic) bond motifs is 1. The molecule has 4 heteroatoms. The predicted octanol–water partition coefficient (Wildman–Crippen LogP) is 3.19. The van der Waals surface area contributed by atoms with Crippen LogP contribution in [0.3, 0.4) is 0 Å². The maximum absolute atomic E-state index is 5.10. The highest BCUT2D eigenvalue weighted by molar-refractivity contribution is 9.10. The summed E-state index contributed by atoms with van der Waals surface area (Å²) in [6.45, 7) is 0.528. The molecule has 1 heterocycles. The molecule has 0 atom stereocenters. The third-order valence-corrected chi connectivity index (χ3v) is 2.88. The second-order valence-corrected chi connectivity index (χ2v) is 4.42. The van der Waals surface area contributed by atoms with Crippen LogP contribution in [0.1, 0.15) is 5.69 Å².